The van der Waals surface area contributed by atoms with Crippen LogP contribution in [0.3, 0.4) is 0 Å². The van der Waals surface area contributed by atoms with E-state index in [9.17, 15) is 4.79 Å². The van der Waals surface area contributed by atoms with Gasteiger partial charge in [0.05, 0.1) is 18.4 Å². The number of nitrogens with zero attached hydrogens (tertiary/aromatic N) is 1. The molecule has 0 radical (unpaired) electrons. The second-order valence-corrected chi connectivity index (χ2v) is 8.20. The van der Waals surface area contributed by atoms with Gasteiger partial charge in [0.25, 0.3) is 0 Å². The smallest absolute Gasteiger partial charge is 0.196 e. The zero-order valence-electron chi connectivity index (χ0n) is 17.4. The van der Waals surface area contributed by atoms with Gasteiger partial charge >= 0.3 is 0 Å². The van der Waals surface area contributed by atoms with Crippen LogP contribution >= 0.6 is 0 Å². The predicted octanol–water partition coefficient (Wildman–Crippen LogP) is 5.70. The lowest BCUT2D eigenvalue weighted by molar-refractivity contribution is 0.103. The van der Waals surface area contributed by atoms with Crippen molar-refractivity contribution in [3.63, 3.8) is 0 Å². The monoisotopic (exact) mass is 401 g/mol. The number of carbonyl (C=O) groups is 1. The van der Waals surface area contributed by atoms with Crippen molar-refractivity contribution in [2.45, 2.75) is 38.6 Å². The van der Waals surface area contributed by atoms with Gasteiger partial charge in [0, 0.05) is 29.1 Å². The quantitative estimate of drug-likeness (QED) is 0.514. The first-order valence-corrected chi connectivity index (χ1v) is 11.0. The molecule has 1 saturated heterocycles. The molecule has 1 aromatic heterocycles. The molecular formula is C26H27NO3. The Morgan fingerprint density at radius 2 is 2.10 bits per heavy atom. The molecule has 0 N–H and O–H groups in total. The average Bonchev–Trinajstić information content (AvgIpc) is 3.22. The van der Waals surface area contributed by atoms with Crippen molar-refractivity contribution in [2.75, 3.05) is 19.7 Å². The number of ketones is 1. The van der Waals surface area contributed by atoms with Gasteiger partial charge in [0.2, 0.25) is 0 Å². The van der Waals surface area contributed by atoms with E-state index in [2.05, 4.69) is 11.0 Å². The van der Waals surface area contributed by atoms with E-state index in [1.165, 1.54) is 31.4 Å². The summed E-state index contributed by atoms with van der Waals surface area (Å²) in [5.41, 5.74) is 4.55. The summed E-state index contributed by atoms with van der Waals surface area (Å²) in [6, 6.07) is 13.8. The van der Waals surface area contributed by atoms with Crippen LogP contribution in [0.4, 0.5) is 0 Å². The second kappa shape index (κ2) is 8.11. The Morgan fingerprint density at radius 3 is 3.00 bits per heavy atom. The van der Waals surface area contributed by atoms with Gasteiger partial charge in [0.15, 0.2) is 5.78 Å². The minimum Gasteiger partial charge on any atom is -0.493 e. The zero-order chi connectivity index (χ0) is 20.5. The predicted molar refractivity (Wildman–Crippen MR) is 119 cm³/mol. The third kappa shape index (κ3) is 3.46. The Bertz CT molecular complexity index is 1110. The molecule has 2 aliphatic heterocycles. The summed E-state index contributed by atoms with van der Waals surface area (Å²) in [5, 5.41) is 1.02. The molecule has 154 valence electrons. The van der Waals surface area contributed by atoms with E-state index in [0.717, 1.165) is 29.5 Å². The number of para-hydroxylation sites is 1. The number of fused-ring (bicyclic) bond motifs is 2. The van der Waals surface area contributed by atoms with Crippen LogP contribution < -0.4 is 4.74 Å². The standard InChI is InChI=1S/C26H27NO3/c1-2-29-24-9-4-3-8-21(24)26(28)19-10-11-25-22(16-19)23(17-30-25)18-12-14-27-13-6-5-7-20(27)15-18/h3-4,8-12,16-17,20H,2,5-7,13-15H2,1H3. The lowest BCUT2D eigenvalue weighted by atomic mass is 9.88. The molecule has 0 aliphatic carbocycles. The Morgan fingerprint density at radius 1 is 1.20 bits per heavy atom. The Balaban J connectivity index is 1.50. The Hall–Kier alpha value is -2.85. The van der Waals surface area contributed by atoms with Crippen LogP contribution in [0, 0.1) is 0 Å². The number of hydrogen-bond acceptors (Lipinski definition) is 4. The van der Waals surface area contributed by atoms with Crippen LogP contribution in [0.5, 0.6) is 5.75 Å². The van der Waals surface area contributed by atoms with Crippen molar-refractivity contribution in [3.8, 4) is 5.75 Å². The van der Waals surface area contributed by atoms with Crippen molar-refractivity contribution in [3.05, 3.63) is 71.5 Å². The van der Waals surface area contributed by atoms with Gasteiger partial charge in [-0.15, -0.1) is 0 Å². The van der Waals surface area contributed by atoms with Crippen LogP contribution in [-0.4, -0.2) is 36.4 Å². The van der Waals surface area contributed by atoms with Gasteiger partial charge in [-0.05, 0) is 68.6 Å². The highest BCUT2D eigenvalue weighted by Crippen LogP contribution is 2.36. The number of rotatable bonds is 5. The van der Waals surface area contributed by atoms with Gasteiger partial charge in [-0.25, -0.2) is 0 Å². The average molecular weight is 402 g/mol. The molecule has 3 aromatic rings. The number of furan rings is 1. The lowest BCUT2D eigenvalue weighted by Crippen LogP contribution is -2.41. The van der Waals surface area contributed by atoms with Crippen molar-refractivity contribution in [1.29, 1.82) is 0 Å². The summed E-state index contributed by atoms with van der Waals surface area (Å²) in [6.45, 7) is 4.67. The number of carbonyl (C=O) groups excluding carboxylic acids is 1. The maximum Gasteiger partial charge on any atom is 0.196 e. The molecule has 30 heavy (non-hydrogen) atoms. The zero-order valence-corrected chi connectivity index (χ0v) is 17.4. The SMILES string of the molecule is CCOc1ccccc1C(=O)c1ccc2occ(C3=CCN4CCCCC4C3)c2c1. The molecule has 0 saturated carbocycles. The summed E-state index contributed by atoms with van der Waals surface area (Å²) < 4.78 is 11.5. The first-order valence-electron chi connectivity index (χ1n) is 11.0. The minimum atomic E-state index is -0.0239. The van der Waals surface area contributed by atoms with E-state index in [0.29, 0.717) is 29.5 Å². The summed E-state index contributed by atoms with van der Waals surface area (Å²) in [5.74, 6) is 0.606. The Labute approximate surface area is 177 Å². The molecule has 0 spiro atoms. The normalized spacial score (nSPS) is 19.4. The summed E-state index contributed by atoms with van der Waals surface area (Å²) in [4.78, 5) is 15.8. The van der Waals surface area contributed by atoms with Gasteiger partial charge in [-0.3, -0.25) is 9.69 Å². The molecule has 3 heterocycles. The van der Waals surface area contributed by atoms with Gasteiger partial charge < -0.3 is 9.15 Å². The largest absolute Gasteiger partial charge is 0.493 e. The lowest BCUT2D eigenvalue weighted by Gasteiger charge is -2.38. The fourth-order valence-electron chi connectivity index (χ4n) is 4.83. The molecule has 0 amide bonds. The maximum atomic E-state index is 13.3. The summed E-state index contributed by atoms with van der Waals surface area (Å²) in [7, 11) is 0. The van der Waals surface area contributed by atoms with E-state index < -0.39 is 0 Å². The van der Waals surface area contributed by atoms with E-state index in [-0.39, 0.29) is 5.78 Å². The summed E-state index contributed by atoms with van der Waals surface area (Å²) in [6.07, 6.45) is 9.15. The minimum absolute atomic E-state index is 0.0239. The molecule has 1 unspecified atom stereocenters. The highest BCUT2D eigenvalue weighted by molar-refractivity contribution is 6.12. The van der Waals surface area contributed by atoms with Crippen LogP contribution in [-0.2, 0) is 0 Å². The van der Waals surface area contributed by atoms with Crippen LogP contribution in [0.2, 0.25) is 0 Å². The fraction of sp³-hybridized carbons (Fsp3) is 0.346. The molecular weight excluding hydrogens is 374 g/mol. The molecule has 2 aromatic carbocycles. The van der Waals surface area contributed by atoms with Crippen molar-refractivity contribution < 1.29 is 13.9 Å². The molecule has 4 nitrogen and oxygen atoms in total. The number of hydrogen-bond donors (Lipinski definition) is 0. The fourth-order valence-corrected chi connectivity index (χ4v) is 4.83. The van der Waals surface area contributed by atoms with Crippen LogP contribution in [0.1, 0.15) is 54.1 Å². The van der Waals surface area contributed by atoms with Gasteiger partial charge in [0.1, 0.15) is 11.3 Å². The van der Waals surface area contributed by atoms with Crippen LogP contribution in [0.15, 0.2) is 59.2 Å². The van der Waals surface area contributed by atoms with Crippen LogP contribution in [0.25, 0.3) is 16.5 Å². The first-order chi connectivity index (χ1) is 14.7. The van der Waals surface area contributed by atoms with Crippen molar-refractivity contribution >= 4 is 22.3 Å². The first kappa shape index (κ1) is 19.1. The second-order valence-electron chi connectivity index (χ2n) is 8.20. The molecule has 1 atom stereocenters. The highest BCUT2D eigenvalue weighted by atomic mass is 16.5. The number of benzene rings is 2. The Kier molecular flexibility index (Phi) is 5.17. The van der Waals surface area contributed by atoms with E-state index in [1.807, 2.05) is 55.7 Å². The number of ether oxygens (including phenoxy) is 1. The molecule has 2 aliphatic rings. The molecule has 5 rings (SSSR count). The maximum absolute atomic E-state index is 13.3. The summed E-state index contributed by atoms with van der Waals surface area (Å²) >= 11 is 0. The van der Waals surface area contributed by atoms with E-state index in [1.54, 1.807) is 0 Å². The highest BCUT2D eigenvalue weighted by Gasteiger charge is 2.27. The number of piperidine rings is 1. The molecule has 4 heteroatoms. The van der Waals surface area contributed by atoms with Crippen molar-refractivity contribution in [2.24, 2.45) is 0 Å². The molecule has 1 fully saturated rings. The van der Waals surface area contributed by atoms with Crippen molar-refractivity contribution in [1.82, 2.24) is 4.90 Å². The topological polar surface area (TPSA) is 42.7 Å². The van der Waals surface area contributed by atoms with Gasteiger partial charge in [-0.1, -0.05) is 24.6 Å². The van der Waals surface area contributed by atoms with E-state index >= 15 is 0 Å². The van der Waals surface area contributed by atoms with E-state index in [4.69, 9.17) is 9.15 Å². The van der Waals surface area contributed by atoms with Gasteiger partial charge in [-0.2, -0.15) is 0 Å². The third-order valence-electron chi connectivity index (χ3n) is 6.39. The third-order valence-corrected chi connectivity index (χ3v) is 6.39. The molecule has 0 bridgehead atoms.